The SMILES string of the molecule is CC1C=CC=CC1I. The zero-order valence-corrected chi connectivity index (χ0v) is 7.00. The van der Waals surface area contributed by atoms with Crippen LogP contribution in [0.1, 0.15) is 6.92 Å². The molecule has 0 heterocycles. The lowest BCUT2D eigenvalue weighted by molar-refractivity contribution is 0.773. The second-order valence-corrected chi connectivity index (χ2v) is 3.51. The number of rotatable bonds is 0. The second kappa shape index (κ2) is 2.67. The Morgan fingerprint density at radius 2 is 1.88 bits per heavy atom. The van der Waals surface area contributed by atoms with E-state index in [9.17, 15) is 0 Å². The zero-order valence-electron chi connectivity index (χ0n) is 4.84. The Morgan fingerprint density at radius 1 is 1.25 bits per heavy atom. The molecular weight excluding hydrogens is 211 g/mol. The van der Waals surface area contributed by atoms with Crippen LogP contribution in [0.15, 0.2) is 24.3 Å². The van der Waals surface area contributed by atoms with E-state index in [4.69, 9.17) is 0 Å². The van der Waals surface area contributed by atoms with Crippen molar-refractivity contribution >= 4 is 22.6 Å². The fourth-order valence-electron chi connectivity index (χ4n) is 0.691. The van der Waals surface area contributed by atoms with Gasteiger partial charge in [0.1, 0.15) is 0 Å². The molecule has 2 atom stereocenters. The molecule has 0 saturated heterocycles. The molecule has 1 aliphatic rings. The summed E-state index contributed by atoms with van der Waals surface area (Å²) in [5, 5.41) is 0. The van der Waals surface area contributed by atoms with Crippen LogP contribution in [-0.2, 0) is 0 Å². The molecule has 0 aromatic carbocycles. The van der Waals surface area contributed by atoms with Crippen LogP contribution < -0.4 is 0 Å². The second-order valence-electron chi connectivity index (χ2n) is 2.07. The summed E-state index contributed by atoms with van der Waals surface area (Å²) in [4.78, 5) is 0. The lowest BCUT2D eigenvalue weighted by Gasteiger charge is -2.11. The Bertz CT molecular complexity index is 108. The van der Waals surface area contributed by atoms with Crippen molar-refractivity contribution in [1.29, 1.82) is 0 Å². The summed E-state index contributed by atoms with van der Waals surface area (Å²) in [6.07, 6.45) is 8.68. The summed E-state index contributed by atoms with van der Waals surface area (Å²) in [5.41, 5.74) is 0. The van der Waals surface area contributed by atoms with Crippen LogP contribution in [0.25, 0.3) is 0 Å². The molecular formula is C7H9I. The van der Waals surface area contributed by atoms with Crippen molar-refractivity contribution < 1.29 is 0 Å². The highest BCUT2D eigenvalue weighted by Gasteiger charge is 2.07. The van der Waals surface area contributed by atoms with E-state index in [1.165, 1.54) is 0 Å². The average Bonchev–Trinajstić information content (AvgIpc) is 1.77. The van der Waals surface area contributed by atoms with Crippen molar-refractivity contribution in [3.63, 3.8) is 0 Å². The van der Waals surface area contributed by atoms with Crippen LogP contribution in [0, 0.1) is 5.92 Å². The first-order chi connectivity index (χ1) is 3.80. The molecule has 8 heavy (non-hydrogen) atoms. The maximum atomic E-state index is 2.44. The van der Waals surface area contributed by atoms with Crippen LogP contribution in [-0.4, -0.2) is 3.92 Å². The molecule has 0 aromatic heterocycles. The van der Waals surface area contributed by atoms with Gasteiger partial charge < -0.3 is 0 Å². The van der Waals surface area contributed by atoms with Gasteiger partial charge in [0.25, 0.3) is 0 Å². The van der Waals surface area contributed by atoms with Gasteiger partial charge in [-0.1, -0.05) is 53.8 Å². The number of allylic oxidation sites excluding steroid dienone is 4. The molecule has 2 unspecified atom stereocenters. The van der Waals surface area contributed by atoms with E-state index in [1.54, 1.807) is 0 Å². The minimum atomic E-state index is 0.706. The quantitative estimate of drug-likeness (QED) is 0.434. The highest BCUT2D eigenvalue weighted by Crippen LogP contribution is 2.18. The Hall–Kier alpha value is 0.210. The van der Waals surface area contributed by atoms with Gasteiger partial charge in [-0.3, -0.25) is 0 Å². The summed E-state index contributed by atoms with van der Waals surface area (Å²) in [5.74, 6) is 0.723. The minimum absolute atomic E-state index is 0.706. The molecule has 1 heteroatoms. The standard InChI is InChI=1S/C7H9I/c1-6-4-2-3-5-7(6)8/h2-7H,1H3. The van der Waals surface area contributed by atoms with E-state index in [2.05, 4.69) is 53.8 Å². The van der Waals surface area contributed by atoms with Gasteiger partial charge in [-0.15, -0.1) is 0 Å². The fraction of sp³-hybridized carbons (Fsp3) is 0.429. The molecule has 1 rings (SSSR count). The first-order valence-electron chi connectivity index (χ1n) is 2.80. The van der Waals surface area contributed by atoms with Crippen molar-refractivity contribution in [2.45, 2.75) is 10.8 Å². The number of hydrogen-bond acceptors (Lipinski definition) is 0. The van der Waals surface area contributed by atoms with Gasteiger partial charge in [0.2, 0.25) is 0 Å². The van der Waals surface area contributed by atoms with E-state index in [0.29, 0.717) is 3.92 Å². The van der Waals surface area contributed by atoms with Crippen molar-refractivity contribution in [3.05, 3.63) is 24.3 Å². The molecule has 0 radical (unpaired) electrons. The van der Waals surface area contributed by atoms with Gasteiger partial charge in [0.15, 0.2) is 0 Å². The van der Waals surface area contributed by atoms with E-state index in [0.717, 1.165) is 5.92 Å². The molecule has 0 aromatic rings. The van der Waals surface area contributed by atoms with Gasteiger partial charge in [-0.25, -0.2) is 0 Å². The van der Waals surface area contributed by atoms with Gasteiger partial charge in [0.05, 0.1) is 0 Å². The topological polar surface area (TPSA) is 0 Å². The van der Waals surface area contributed by atoms with Gasteiger partial charge in [-0.2, -0.15) is 0 Å². The fourth-order valence-corrected chi connectivity index (χ4v) is 1.17. The van der Waals surface area contributed by atoms with E-state index < -0.39 is 0 Å². The number of hydrogen-bond donors (Lipinski definition) is 0. The summed E-state index contributed by atoms with van der Waals surface area (Å²) in [6, 6.07) is 0. The van der Waals surface area contributed by atoms with Gasteiger partial charge in [-0.05, 0) is 5.92 Å². The van der Waals surface area contributed by atoms with Crippen molar-refractivity contribution in [3.8, 4) is 0 Å². The zero-order chi connectivity index (χ0) is 5.98. The van der Waals surface area contributed by atoms with Crippen LogP contribution in [0.4, 0.5) is 0 Å². The Morgan fingerprint density at radius 3 is 2.25 bits per heavy atom. The highest BCUT2D eigenvalue weighted by atomic mass is 127. The number of alkyl halides is 1. The molecule has 0 nitrogen and oxygen atoms in total. The Labute approximate surface area is 63.8 Å². The molecule has 0 aliphatic heterocycles. The largest absolute Gasteiger partial charge is 0.0803 e. The van der Waals surface area contributed by atoms with E-state index >= 15 is 0 Å². The molecule has 0 amide bonds. The first kappa shape index (κ1) is 6.33. The maximum absolute atomic E-state index is 2.44. The third kappa shape index (κ3) is 1.34. The minimum Gasteiger partial charge on any atom is -0.0803 e. The van der Waals surface area contributed by atoms with Crippen LogP contribution in [0.5, 0.6) is 0 Å². The molecule has 0 spiro atoms. The van der Waals surface area contributed by atoms with Crippen molar-refractivity contribution in [2.24, 2.45) is 5.92 Å². The highest BCUT2D eigenvalue weighted by molar-refractivity contribution is 14.1. The summed E-state index contributed by atoms with van der Waals surface area (Å²) < 4.78 is 0.706. The lowest BCUT2D eigenvalue weighted by atomic mass is 10.0. The molecule has 0 N–H and O–H groups in total. The van der Waals surface area contributed by atoms with Crippen molar-refractivity contribution in [2.75, 3.05) is 0 Å². The monoisotopic (exact) mass is 220 g/mol. The molecule has 44 valence electrons. The first-order valence-corrected chi connectivity index (χ1v) is 4.04. The smallest absolute Gasteiger partial charge is 0.0352 e. The predicted octanol–water partition coefficient (Wildman–Crippen LogP) is 2.55. The summed E-state index contributed by atoms with van der Waals surface area (Å²) in [6.45, 7) is 2.23. The average molecular weight is 220 g/mol. The third-order valence-electron chi connectivity index (χ3n) is 1.32. The van der Waals surface area contributed by atoms with Crippen LogP contribution >= 0.6 is 22.6 Å². The maximum Gasteiger partial charge on any atom is 0.0352 e. The van der Waals surface area contributed by atoms with Crippen LogP contribution in [0.3, 0.4) is 0 Å². The summed E-state index contributed by atoms with van der Waals surface area (Å²) in [7, 11) is 0. The molecule has 1 aliphatic carbocycles. The molecule has 0 fully saturated rings. The predicted molar refractivity (Wildman–Crippen MR) is 45.3 cm³/mol. The number of halogens is 1. The van der Waals surface area contributed by atoms with Gasteiger partial charge in [0, 0.05) is 3.92 Å². The normalized spacial score (nSPS) is 35.8. The van der Waals surface area contributed by atoms with Crippen LogP contribution in [0.2, 0.25) is 0 Å². The summed E-state index contributed by atoms with van der Waals surface area (Å²) >= 11 is 2.44. The van der Waals surface area contributed by atoms with E-state index in [-0.39, 0.29) is 0 Å². The lowest BCUT2D eigenvalue weighted by Crippen LogP contribution is -2.06. The molecule has 0 bridgehead atoms. The van der Waals surface area contributed by atoms with Crippen molar-refractivity contribution in [1.82, 2.24) is 0 Å². The molecule has 0 saturated carbocycles. The third-order valence-corrected chi connectivity index (χ3v) is 2.87. The Kier molecular flexibility index (Phi) is 2.11. The Balaban J connectivity index is 2.59. The van der Waals surface area contributed by atoms with E-state index in [1.807, 2.05) is 0 Å². The van der Waals surface area contributed by atoms with Gasteiger partial charge >= 0.3 is 0 Å².